The maximum absolute atomic E-state index is 11.9. The van der Waals surface area contributed by atoms with Gasteiger partial charge in [0.15, 0.2) is 11.5 Å². The van der Waals surface area contributed by atoms with Gasteiger partial charge in [0.25, 0.3) is 0 Å². The van der Waals surface area contributed by atoms with E-state index in [9.17, 15) is 4.79 Å². The summed E-state index contributed by atoms with van der Waals surface area (Å²) in [5.74, 6) is 1.66. The van der Waals surface area contributed by atoms with Crippen LogP contribution in [0.25, 0.3) is 16.9 Å². The van der Waals surface area contributed by atoms with Gasteiger partial charge in [0, 0.05) is 11.3 Å². The van der Waals surface area contributed by atoms with Crippen molar-refractivity contribution >= 4 is 17.4 Å². The fourth-order valence-electron chi connectivity index (χ4n) is 3.25. The first-order chi connectivity index (χ1) is 13.5. The highest BCUT2D eigenvalue weighted by molar-refractivity contribution is 5.82. The van der Waals surface area contributed by atoms with Crippen LogP contribution >= 0.6 is 0 Å². The molecule has 0 aliphatic heterocycles. The summed E-state index contributed by atoms with van der Waals surface area (Å²) in [5.41, 5.74) is 4.50. The van der Waals surface area contributed by atoms with Crippen molar-refractivity contribution in [3.63, 3.8) is 0 Å². The lowest BCUT2D eigenvalue weighted by Crippen LogP contribution is -2.18. The van der Waals surface area contributed by atoms with Gasteiger partial charge in [-0.3, -0.25) is 9.20 Å². The third kappa shape index (κ3) is 3.74. The molecule has 3 rings (SSSR count). The lowest BCUT2D eigenvalue weighted by Gasteiger charge is -2.12. The number of rotatable bonds is 7. The lowest BCUT2D eigenvalue weighted by molar-refractivity contribution is -0.140. The third-order valence-electron chi connectivity index (χ3n) is 4.41. The predicted molar refractivity (Wildman–Crippen MR) is 108 cm³/mol. The lowest BCUT2D eigenvalue weighted by atomic mass is 10.1. The number of carbonyl (C=O) groups is 1. The Morgan fingerprint density at radius 2 is 1.86 bits per heavy atom. The Bertz CT molecular complexity index is 1010. The summed E-state index contributed by atoms with van der Waals surface area (Å²) in [6, 6.07) is 9.71. The van der Waals surface area contributed by atoms with E-state index in [0.717, 1.165) is 34.0 Å². The van der Waals surface area contributed by atoms with Crippen molar-refractivity contribution in [3.05, 3.63) is 41.6 Å². The molecule has 0 atom stereocenters. The van der Waals surface area contributed by atoms with Gasteiger partial charge in [0.2, 0.25) is 0 Å². The van der Waals surface area contributed by atoms with E-state index in [1.54, 1.807) is 21.1 Å². The van der Waals surface area contributed by atoms with Crippen molar-refractivity contribution in [2.75, 3.05) is 32.7 Å². The zero-order valence-corrected chi connectivity index (χ0v) is 16.8. The number of anilines is 1. The average Bonchev–Trinajstić information content (AvgIpc) is 3.04. The molecule has 2 aromatic heterocycles. The average molecular weight is 383 g/mol. The molecular weight excluding hydrogens is 358 g/mol. The van der Waals surface area contributed by atoms with Gasteiger partial charge in [0.1, 0.15) is 23.7 Å². The minimum Gasteiger partial charge on any atom is -0.493 e. The number of hydrogen-bond donors (Lipinski definition) is 1. The number of esters is 1. The number of aromatic nitrogens is 2. The Labute approximate surface area is 164 Å². The van der Waals surface area contributed by atoms with E-state index in [2.05, 4.69) is 11.4 Å². The molecule has 28 heavy (non-hydrogen) atoms. The molecule has 7 nitrogen and oxygen atoms in total. The molecule has 1 aromatic carbocycles. The molecule has 0 aliphatic rings. The third-order valence-corrected chi connectivity index (χ3v) is 4.41. The fourth-order valence-corrected chi connectivity index (χ4v) is 3.25. The van der Waals surface area contributed by atoms with Gasteiger partial charge < -0.3 is 19.5 Å². The summed E-state index contributed by atoms with van der Waals surface area (Å²) in [4.78, 5) is 16.7. The molecule has 2 heterocycles. The van der Waals surface area contributed by atoms with Crippen LogP contribution in [-0.2, 0) is 9.53 Å². The maximum atomic E-state index is 11.9. The van der Waals surface area contributed by atoms with E-state index in [0.29, 0.717) is 18.1 Å². The van der Waals surface area contributed by atoms with Crippen LogP contribution < -0.4 is 14.8 Å². The summed E-state index contributed by atoms with van der Waals surface area (Å²) in [5, 5.41) is 3.20. The van der Waals surface area contributed by atoms with E-state index in [4.69, 9.17) is 19.2 Å². The quantitative estimate of drug-likeness (QED) is 0.628. The van der Waals surface area contributed by atoms with Crippen LogP contribution in [0.15, 0.2) is 30.3 Å². The summed E-state index contributed by atoms with van der Waals surface area (Å²) < 4.78 is 17.8. The van der Waals surface area contributed by atoms with Crippen molar-refractivity contribution in [1.29, 1.82) is 0 Å². The number of nitrogens with zero attached hydrogens (tertiary/aromatic N) is 2. The number of benzene rings is 1. The standard InChI is InChI=1S/C21H25N3O4/c1-6-28-19(25)12-22-21-20(15-7-8-16(26-4)17(11-15)27-5)23-18-10-13(2)9-14(3)24(18)21/h7-11,22H,6,12H2,1-5H3. The zero-order chi connectivity index (χ0) is 20.3. The minimum atomic E-state index is -0.319. The summed E-state index contributed by atoms with van der Waals surface area (Å²) in [6.45, 7) is 6.22. The number of fused-ring (bicyclic) bond motifs is 1. The Morgan fingerprint density at radius 1 is 1.11 bits per heavy atom. The molecule has 0 radical (unpaired) electrons. The molecule has 0 unspecified atom stereocenters. The number of imidazole rings is 1. The molecule has 3 aromatic rings. The number of hydrogen-bond acceptors (Lipinski definition) is 6. The van der Waals surface area contributed by atoms with E-state index in [1.807, 2.05) is 42.5 Å². The van der Waals surface area contributed by atoms with Crippen molar-refractivity contribution in [2.24, 2.45) is 0 Å². The zero-order valence-electron chi connectivity index (χ0n) is 16.8. The van der Waals surface area contributed by atoms with Gasteiger partial charge in [-0.05, 0) is 56.7 Å². The van der Waals surface area contributed by atoms with Gasteiger partial charge in [-0.15, -0.1) is 0 Å². The Hall–Kier alpha value is -3.22. The van der Waals surface area contributed by atoms with Crippen LogP contribution in [0.2, 0.25) is 0 Å². The van der Waals surface area contributed by atoms with Crippen LogP contribution in [0.1, 0.15) is 18.2 Å². The summed E-state index contributed by atoms with van der Waals surface area (Å²) in [7, 11) is 3.19. The van der Waals surface area contributed by atoms with Crippen molar-refractivity contribution in [3.8, 4) is 22.8 Å². The van der Waals surface area contributed by atoms with E-state index < -0.39 is 0 Å². The van der Waals surface area contributed by atoms with Crippen LogP contribution in [0.4, 0.5) is 5.82 Å². The first-order valence-electron chi connectivity index (χ1n) is 9.10. The largest absolute Gasteiger partial charge is 0.493 e. The smallest absolute Gasteiger partial charge is 0.325 e. The molecule has 0 bridgehead atoms. The summed E-state index contributed by atoms with van der Waals surface area (Å²) in [6.07, 6.45) is 0. The molecule has 0 fully saturated rings. The molecule has 0 amide bonds. The normalized spacial score (nSPS) is 10.8. The van der Waals surface area contributed by atoms with Crippen LogP contribution in [0.5, 0.6) is 11.5 Å². The summed E-state index contributed by atoms with van der Waals surface area (Å²) >= 11 is 0. The van der Waals surface area contributed by atoms with Gasteiger partial charge in [-0.2, -0.15) is 0 Å². The SMILES string of the molecule is CCOC(=O)CNc1c(-c2ccc(OC)c(OC)c2)nc2cc(C)cc(C)n12. The Balaban J connectivity index is 2.14. The number of pyridine rings is 1. The van der Waals surface area contributed by atoms with Gasteiger partial charge in [0.05, 0.1) is 20.8 Å². The molecule has 7 heteroatoms. The Morgan fingerprint density at radius 3 is 2.54 bits per heavy atom. The molecule has 0 spiro atoms. The van der Waals surface area contributed by atoms with Gasteiger partial charge in [-0.25, -0.2) is 4.98 Å². The molecule has 0 aliphatic carbocycles. The van der Waals surface area contributed by atoms with Gasteiger partial charge in [-0.1, -0.05) is 0 Å². The number of methoxy groups -OCH3 is 2. The molecule has 0 saturated heterocycles. The van der Waals surface area contributed by atoms with Crippen molar-refractivity contribution in [2.45, 2.75) is 20.8 Å². The number of ether oxygens (including phenoxy) is 3. The molecule has 148 valence electrons. The topological polar surface area (TPSA) is 74.1 Å². The van der Waals surface area contributed by atoms with Crippen LogP contribution in [0, 0.1) is 13.8 Å². The van der Waals surface area contributed by atoms with E-state index in [1.165, 1.54) is 0 Å². The van der Waals surface area contributed by atoms with Crippen molar-refractivity contribution < 1.29 is 19.0 Å². The fraction of sp³-hybridized carbons (Fsp3) is 0.333. The second kappa shape index (κ2) is 8.21. The number of nitrogens with one attached hydrogen (secondary N) is 1. The molecule has 1 N–H and O–H groups in total. The number of carbonyl (C=O) groups excluding carboxylic acids is 1. The highest BCUT2D eigenvalue weighted by atomic mass is 16.5. The first kappa shape index (κ1) is 19.5. The maximum Gasteiger partial charge on any atom is 0.325 e. The highest BCUT2D eigenvalue weighted by Crippen LogP contribution is 2.36. The highest BCUT2D eigenvalue weighted by Gasteiger charge is 2.18. The number of aryl methyl sites for hydroxylation is 2. The van der Waals surface area contributed by atoms with E-state index >= 15 is 0 Å². The Kier molecular flexibility index (Phi) is 5.73. The molecular formula is C21H25N3O4. The predicted octanol–water partition coefficient (Wildman–Crippen LogP) is 3.61. The van der Waals surface area contributed by atoms with Gasteiger partial charge >= 0.3 is 5.97 Å². The molecule has 0 saturated carbocycles. The van der Waals surface area contributed by atoms with Crippen LogP contribution in [-0.4, -0.2) is 42.7 Å². The van der Waals surface area contributed by atoms with E-state index in [-0.39, 0.29) is 12.5 Å². The first-order valence-corrected chi connectivity index (χ1v) is 9.10. The monoisotopic (exact) mass is 383 g/mol. The van der Waals surface area contributed by atoms with Crippen molar-refractivity contribution in [1.82, 2.24) is 9.38 Å². The minimum absolute atomic E-state index is 0.0508. The second-order valence-corrected chi connectivity index (χ2v) is 6.41. The van der Waals surface area contributed by atoms with Crippen LogP contribution in [0.3, 0.4) is 0 Å². The second-order valence-electron chi connectivity index (χ2n) is 6.41.